The number of hydrogen-bond acceptors (Lipinski definition) is 6. The average Bonchev–Trinajstić information content (AvgIpc) is 3.43. The van der Waals surface area contributed by atoms with Crippen LogP contribution < -0.4 is 15.4 Å². The minimum Gasteiger partial charge on any atom is -0.497 e. The fourth-order valence-electron chi connectivity index (χ4n) is 4.03. The number of benzene rings is 2. The van der Waals surface area contributed by atoms with Gasteiger partial charge in [0.05, 0.1) is 19.0 Å². The smallest absolute Gasteiger partial charge is 0.229 e. The van der Waals surface area contributed by atoms with Crippen molar-refractivity contribution in [2.24, 2.45) is 0 Å². The Balaban J connectivity index is 0.00000245. The molecule has 1 saturated carbocycles. The number of ether oxygens (including phenoxy) is 1. The van der Waals surface area contributed by atoms with E-state index in [1.165, 1.54) is 6.07 Å². The van der Waals surface area contributed by atoms with Gasteiger partial charge in [0.1, 0.15) is 17.1 Å². The van der Waals surface area contributed by atoms with Gasteiger partial charge >= 0.3 is 0 Å². The summed E-state index contributed by atoms with van der Waals surface area (Å²) in [5, 5.41) is 6.40. The summed E-state index contributed by atoms with van der Waals surface area (Å²) in [6.07, 6.45) is 6.11. The van der Waals surface area contributed by atoms with Crippen LogP contribution in [-0.4, -0.2) is 26.6 Å². The molecule has 2 aromatic carbocycles. The second-order valence-electron chi connectivity index (χ2n) is 7.60. The number of anilines is 4. The van der Waals surface area contributed by atoms with Crippen molar-refractivity contribution >= 4 is 34.4 Å². The Kier molecular flexibility index (Phi) is 6.20. The number of fused-ring (bicyclic) bond motifs is 1. The number of para-hydroxylation sites is 1. The van der Waals surface area contributed by atoms with Crippen molar-refractivity contribution in [2.75, 3.05) is 17.7 Å². The maximum atomic E-state index is 14.3. The third kappa shape index (κ3) is 4.21. The van der Waals surface area contributed by atoms with Crippen LogP contribution in [0.1, 0.15) is 39.2 Å². The number of aromatic nitrogens is 4. The van der Waals surface area contributed by atoms with Crippen molar-refractivity contribution in [3.63, 3.8) is 0 Å². The first-order valence-electron chi connectivity index (χ1n) is 10.4. The van der Waals surface area contributed by atoms with Crippen LogP contribution in [0.5, 0.6) is 5.75 Å². The molecule has 7 nitrogen and oxygen atoms in total. The molecule has 0 atom stereocenters. The zero-order valence-corrected chi connectivity index (χ0v) is 17.2. The summed E-state index contributed by atoms with van der Waals surface area (Å²) in [4.78, 5) is 13.9. The molecule has 1 aliphatic carbocycles. The van der Waals surface area contributed by atoms with Gasteiger partial charge in [-0.15, -0.1) is 0 Å². The summed E-state index contributed by atoms with van der Waals surface area (Å²) in [5.41, 5.74) is 2.65. The Morgan fingerprint density at radius 2 is 1.75 bits per heavy atom. The monoisotopic (exact) mass is 434 g/mol. The van der Waals surface area contributed by atoms with Crippen LogP contribution in [-0.2, 0) is 0 Å². The van der Waals surface area contributed by atoms with E-state index in [1.807, 2.05) is 24.3 Å². The zero-order chi connectivity index (χ0) is 21.2. The molecule has 166 valence electrons. The van der Waals surface area contributed by atoms with Crippen LogP contribution in [0.3, 0.4) is 0 Å². The van der Waals surface area contributed by atoms with E-state index in [-0.39, 0.29) is 19.3 Å². The summed E-state index contributed by atoms with van der Waals surface area (Å²) < 4.78 is 21.6. The number of imidazole rings is 1. The lowest BCUT2D eigenvalue weighted by molar-refractivity contribution is 0.415. The Bertz CT molecular complexity index is 1200. The minimum atomic E-state index is -0.319. The van der Waals surface area contributed by atoms with Crippen molar-refractivity contribution in [3.05, 3.63) is 60.5 Å². The molecule has 4 aromatic rings. The molecule has 5 rings (SSSR count). The van der Waals surface area contributed by atoms with Gasteiger partial charge in [-0.2, -0.15) is 4.98 Å². The molecular formula is C24H27FN6O. The zero-order valence-electron chi connectivity index (χ0n) is 17.2. The topological polar surface area (TPSA) is 76.9 Å². The van der Waals surface area contributed by atoms with Crippen LogP contribution in [0.15, 0.2) is 54.7 Å². The van der Waals surface area contributed by atoms with E-state index in [1.54, 1.807) is 31.5 Å². The Labute approximate surface area is 186 Å². The molecule has 0 unspecified atom stereocenters. The maximum Gasteiger partial charge on any atom is 0.229 e. The molecule has 2 aromatic heterocycles. The lowest BCUT2D eigenvalue weighted by atomic mass is 10.2. The van der Waals surface area contributed by atoms with Crippen molar-refractivity contribution in [1.29, 1.82) is 0 Å². The third-order valence-electron chi connectivity index (χ3n) is 5.59. The average molecular weight is 435 g/mol. The van der Waals surface area contributed by atoms with Gasteiger partial charge in [-0.25, -0.2) is 14.4 Å². The predicted octanol–water partition coefficient (Wildman–Crippen LogP) is 6.21. The SMILES string of the molecule is C.COc1ccc(Nc2ncc3nc(Nc4ccccc4F)n(C4CCCC4)c3n2)cc1. The summed E-state index contributed by atoms with van der Waals surface area (Å²) in [6, 6.07) is 14.4. The number of halogens is 1. The van der Waals surface area contributed by atoms with Gasteiger partial charge in [-0.1, -0.05) is 32.4 Å². The Hall–Kier alpha value is -3.68. The highest BCUT2D eigenvalue weighted by atomic mass is 19.1. The van der Waals surface area contributed by atoms with Gasteiger partial charge in [-0.05, 0) is 49.2 Å². The normalized spacial score (nSPS) is 13.7. The molecule has 2 N–H and O–H groups in total. The van der Waals surface area contributed by atoms with E-state index in [0.29, 0.717) is 23.1 Å². The third-order valence-corrected chi connectivity index (χ3v) is 5.59. The summed E-state index contributed by atoms with van der Waals surface area (Å²) in [5.74, 6) is 1.53. The van der Waals surface area contributed by atoms with E-state index in [0.717, 1.165) is 42.8 Å². The fourth-order valence-corrected chi connectivity index (χ4v) is 4.03. The predicted molar refractivity (Wildman–Crippen MR) is 126 cm³/mol. The van der Waals surface area contributed by atoms with Crippen molar-refractivity contribution < 1.29 is 9.13 Å². The summed E-state index contributed by atoms with van der Waals surface area (Å²) in [7, 11) is 1.64. The molecule has 0 aliphatic heterocycles. The lowest BCUT2D eigenvalue weighted by Gasteiger charge is -2.17. The van der Waals surface area contributed by atoms with E-state index in [2.05, 4.69) is 25.2 Å². The van der Waals surface area contributed by atoms with Gasteiger partial charge in [0.25, 0.3) is 0 Å². The van der Waals surface area contributed by atoms with E-state index in [9.17, 15) is 4.39 Å². The van der Waals surface area contributed by atoms with E-state index in [4.69, 9.17) is 9.72 Å². The van der Waals surface area contributed by atoms with E-state index < -0.39 is 0 Å². The summed E-state index contributed by atoms with van der Waals surface area (Å²) in [6.45, 7) is 0. The molecule has 0 amide bonds. The molecule has 0 radical (unpaired) electrons. The number of methoxy groups -OCH3 is 1. The van der Waals surface area contributed by atoms with Crippen molar-refractivity contribution in [1.82, 2.24) is 19.5 Å². The quantitative estimate of drug-likeness (QED) is 0.376. The van der Waals surface area contributed by atoms with Gasteiger partial charge < -0.3 is 15.4 Å². The van der Waals surface area contributed by atoms with Crippen LogP contribution in [0.4, 0.5) is 27.7 Å². The Morgan fingerprint density at radius 3 is 2.47 bits per heavy atom. The summed E-state index contributed by atoms with van der Waals surface area (Å²) >= 11 is 0. The molecule has 2 heterocycles. The number of nitrogens with zero attached hydrogens (tertiary/aromatic N) is 4. The van der Waals surface area contributed by atoms with Crippen LogP contribution in [0.25, 0.3) is 11.2 Å². The van der Waals surface area contributed by atoms with Crippen LogP contribution >= 0.6 is 0 Å². The Morgan fingerprint density at radius 1 is 1.00 bits per heavy atom. The molecule has 8 heteroatoms. The first-order valence-corrected chi connectivity index (χ1v) is 10.4. The lowest BCUT2D eigenvalue weighted by Crippen LogP contribution is -2.10. The highest BCUT2D eigenvalue weighted by molar-refractivity contribution is 5.77. The molecule has 0 spiro atoms. The minimum absolute atomic E-state index is 0. The first kappa shape index (κ1) is 21.5. The van der Waals surface area contributed by atoms with Crippen molar-refractivity contribution in [2.45, 2.75) is 39.2 Å². The standard InChI is InChI=1S/C23H23FN6O.CH4/c1-31-17-12-10-15(11-13-17)26-22-25-14-20-21(29-22)30(16-6-2-3-7-16)23(28-20)27-19-9-5-4-8-18(19)24;/h4-5,8-14,16H,2-3,6-7H2,1H3,(H,27,28)(H,25,26,29);1H4. The first-order chi connectivity index (χ1) is 15.2. The van der Waals surface area contributed by atoms with Gasteiger partial charge in [0.15, 0.2) is 5.65 Å². The van der Waals surface area contributed by atoms with Crippen LogP contribution in [0.2, 0.25) is 0 Å². The highest BCUT2D eigenvalue weighted by Gasteiger charge is 2.24. The molecule has 1 aliphatic rings. The molecule has 0 bridgehead atoms. The van der Waals surface area contributed by atoms with Crippen molar-refractivity contribution in [3.8, 4) is 5.75 Å². The molecule has 32 heavy (non-hydrogen) atoms. The molecular weight excluding hydrogens is 407 g/mol. The van der Waals surface area contributed by atoms with Gasteiger partial charge in [0, 0.05) is 11.7 Å². The largest absolute Gasteiger partial charge is 0.497 e. The number of rotatable bonds is 6. The molecule has 1 fully saturated rings. The second kappa shape index (κ2) is 9.21. The van der Waals surface area contributed by atoms with Gasteiger partial charge in [0.2, 0.25) is 11.9 Å². The van der Waals surface area contributed by atoms with Gasteiger partial charge in [-0.3, -0.25) is 4.57 Å². The van der Waals surface area contributed by atoms with Crippen LogP contribution in [0, 0.1) is 5.82 Å². The number of hydrogen-bond donors (Lipinski definition) is 2. The number of nitrogens with one attached hydrogen (secondary N) is 2. The van der Waals surface area contributed by atoms with E-state index >= 15 is 0 Å². The maximum absolute atomic E-state index is 14.3. The molecule has 0 saturated heterocycles. The highest BCUT2D eigenvalue weighted by Crippen LogP contribution is 2.36. The fraction of sp³-hybridized carbons (Fsp3) is 0.292. The second-order valence-corrected chi connectivity index (χ2v) is 7.60.